The van der Waals surface area contributed by atoms with Crippen molar-refractivity contribution in [1.82, 2.24) is 15.1 Å². The number of nitrogens with zero attached hydrogens (tertiary/aromatic N) is 3. The maximum Gasteiger partial charge on any atom is 0.193 e. The Labute approximate surface area is 160 Å². The van der Waals surface area contributed by atoms with Gasteiger partial charge in [0.1, 0.15) is 0 Å². The highest BCUT2D eigenvalue weighted by molar-refractivity contribution is 5.80. The van der Waals surface area contributed by atoms with Crippen LogP contribution in [0.15, 0.2) is 4.99 Å². The maximum absolute atomic E-state index is 5.68. The predicted molar refractivity (Wildman–Crippen MR) is 108 cm³/mol. The van der Waals surface area contributed by atoms with E-state index in [1.807, 2.05) is 7.05 Å². The standard InChI is InChI=1S/C20H40N4O2/c1-21-20(24-14-9-19(17-24)18-26-16-15-25-2)22-10-5-3-6-11-23-12-7-4-8-13-23/h19H,3-18H2,1-2H3,(H,21,22). The van der Waals surface area contributed by atoms with Gasteiger partial charge in [-0.05, 0) is 51.7 Å². The van der Waals surface area contributed by atoms with Crippen molar-refractivity contribution in [2.24, 2.45) is 10.9 Å². The van der Waals surface area contributed by atoms with Crippen LogP contribution in [-0.2, 0) is 9.47 Å². The second kappa shape index (κ2) is 13.3. The van der Waals surface area contributed by atoms with E-state index < -0.39 is 0 Å². The minimum atomic E-state index is 0.606. The molecular formula is C20H40N4O2. The average Bonchev–Trinajstić information content (AvgIpc) is 3.14. The molecule has 1 unspecified atom stereocenters. The van der Waals surface area contributed by atoms with E-state index in [1.54, 1.807) is 7.11 Å². The summed E-state index contributed by atoms with van der Waals surface area (Å²) >= 11 is 0. The first-order valence-electron chi connectivity index (χ1n) is 10.6. The highest BCUT2D eigenvalue weighted by atomic mass is 16.5. The first-order valence-corrected chi connectivity index (χ1v) is 10.6. The van der Waals surface area contributed by atoms with Gasteiger partial charge in [0.2, 0.25) is 0 Å². The van der Waals surface area contributed by atoms with Crippen molar-refractivity contribution in [3.8, 4) is 0 Å². The molecular weight excluding hydrogens is 328 g/mol. The number of ether oxygens (including phenoxy) is 2. The minimum Gasteiger partial charge on any atom is -0.382 e. The molecule has 0 radical (unpaired) electrons. The normalized spacial score (nSPS) is 22.2. The Morgan fingerprint density at radius 3 is 2.69 bits per heavy atom. The van der Waals surface area contributed by atoms with Crippen molar-refractivity contribution in [3.05, 3.63) is 0 Å². The molecule has 0 aromatic rings. The van der Waals surface area contributed by atoms with Crippen molar-refractivity contribution in [2.75, 3.05) is 73.2 Å². The van der Waals surface area contributed by atoms with Crippen LogP contribution in [0.5, 0.6) is 0 Å². The highest BCUT2D eigenvalue weighted by Crippen LogP contribution is 2.16. The molecule has 1 N–H and O–H groups in total. The number of aliphatic imine (C=N–C) groups is 1. The van der Waals surface area contributed by atoms with Gasteiger partial charge in [0.25, 0.3) is 0 Å². The third-order valence-electron chi connectivity index (χ3n) is 5.47. The van der Waals surface area contributed by atoms with E-state index in [-0.39, 0.29) is 0 Å². The third-order valence-corrected chi connectivity index (χ3v) is 5.47. The number of nitrogens with one attached hydrogen (secondary N) is 1. The molecule has 26 heavy (non-hydrogen) atoms. The number of unbranched alkanes of at least 4 members (excludes halogenated alkanes) is 2. The third kappa shape index (κ3) is 8.23. The van der Waals surface area contributed by atoms with Gasteiger partial charge >= 0.3 is 0 Å². The molecule has 0 spiro atoms. The van der Waals surface area contributed by atoms with E-state index in [0.29, 0.717) is 19.1 Å². The maximum atomic E-state index is 5.68. The van der Waals surface area contributed by atoms with Gasteiger partial charge < -0.3 is 24.6 Å². The molecule has 2 heterocycles. The van der Waals surface area contributed by atoms with E-state index in [4.69, 9.17) is 9.47 Å². The molecule has 6 nitrogen and oxygen atoms in total. The predicted octanol–water partition coefficient (Wildman–Crippen LogP) is 2.20. The molecule has 0 amide bonds. The molecule has 0 saturated carbocycles. The number of methoxy groups -OCH3 is 1. The smallest absolute Gasteiger partial charge is 0.193 e. The highest BCUT2D eigenvalue weighted by Gasteiger charge is 2.24. The molecule has 2 fully saturated rings. The Morgan fingerprint density at radius 1 is 1.08 bits per heavy atom. The summed E-state index contributed by atoms with van der Waals surface area (Å²) in [5, 5.41) is 3.55. The first kappa shape index (κ1) is 21.5. The largest absolute Gasteiger partial charge is 0.382 e. The van der Waals surface area contributed by atoms with Crippen LogP contribution < -0.4 is 5.32 Å². The van der Waals surface area contributed by atoms with Crippen LogP contribution in [0.4, 0.5) is 0 Å². The quantitative estimate of drug-likeness (QED) is 0.344. The van der Waals surface area contributed by atoms with Gasteiger partial charge in [0.15, 0.2) is 5.96 Å². The van der Waals surface area contributed by atoms with Crippen molar-refractivity contribution in [2.45, 2.75) is 44.9 Å². The molecule has 2 aliphatic heterocycles. The van der Waals surface area contributed by atoms with Crippen molar-refractivity contribution < 1.29 is 9.47 Å². The van der Waals surface area contributed by atoms with Crippen LogP contribution in [0.1, 0.15) is 44.9 Å². The minimum absolute atomic E-state index is 0.606. The topological polar surface area (TPSA) is 49.3 Å². The summed E-state index contributed by atoms with van der Waals surface area (Å²) in [5.74, 6) is 1.66. The van der Waals surface area contributed by atoms with Gasteiger partial charge in [-0.2, -0.15) is 0 Å². The van der Waals surface area contributed by atoms with Gasteiger partial charge in [-0.15, -0.1) is 0 Å². The fraction of sp³-hybridized carbons (Fsp3) is 0.950. The van der Waals surface area contributed by atoms with Gasteiger partial charge in [-0.3, -0.25) is 4.99 Å². The summed E-state index contributed by atoms with van der Waals surface area (Å²) in [6.45, 7) is 9.26. The molecule has 0 aromatic carbocycles. The van der Waals surface area contributed by atoms with Crippen LogP contribution in [0.3, 0.4) is 0 Å². The molecule has 152 valence electrons. The zero-order chi connectivity index (χ0) is 18.5. The molecule has 0 aromatic heterocycles. The van der Waals surface area contributed by atoms with Crippen molar-refractivity contribution in [3.63, 3.8) is 0 Å². The van der Waals surface area contributed by atoms with Crippen LogP contribution in [0, 0.1) is 5.92 Å². The average molecular weight is 369 g/mol. The Kier molecular flexibility index (Phi) is 11.0. The Bertz CT molecular complexity index is 386. The monoisotopic (exact) mass is 368 g/mol. The molecule has 6 heteroatoms. The molecule has 0 bridgehead atoms. The summed E-state index contributed by atoms with van der Waals surface area (Å²) in [6, 6.07) is 0. The van der Waals surface area contributed by atoms with Crippen LogP contribution in [0.2, 0.25) is 0 Å². The van der Waals surface area contributed by atoms with Crippen LogP contribution in [-0.4, -0.2) is 89.0 Å². The number of hydrogen-bond donors (Lipinski definition) is 1. The number of piperidine rings is 1. The number of hydrogen-bond acceptors (Lipinski definition) is 4. The van der Waals surface area contributed by atoms with Gasteiger partial charge in [0.05, 0.1) is 19.8 Å². The van der Waals surface area contributed by atoms with E-state index in [1.165, 1.54) is 64.6 Å². The van der Waals surface area contributed by atoms with Crippen LogP contribution in [0.25, 0.3) is 0 Å². The molecule has 2 aliphatic rings. The Morgan fingerprint density at radius 2 is 1.92 bits per heavy atom. The van der Waals surface area contributed by atoms with Gasteiger partial charge in [-0.25, -0.2) is 0 Å². The number of rotatable bonds is 11. The molecule has 0 aliphatic carbocycles. The summed E-state index contributed by atoms with van der Waals surface area (Å²) in [4.78, 5) is 9.47. The molecule has 2 saturated heterocycles. The second-order valence-corrected chi connectivity index (χ2v) is 7.61. The van der Waals surface area contributed by atoms with Gasteiger partial charge in [0, 0.05) is 39.7 Å². The summed E-state index contributed by atoms with van der Waals surface area (Å²) in [7, 11) is 3.60. The lowest BCUT2D eigenvalue weighted by molar-refractivity contribution is 0.0536. The Balaban J connectivity index is 1.51. The van der Waals surface area contributed by atoms with E-state index in [2.05, 4.69) is 20.1 Å². The number of likely N-dealkylation sites (tertiary alicyclic amines) is 2. The lowest BCUT2D eigenvalue weighted by Crippen LogP contribution is -2.40. The summed E-state index contributed by atoms with van der Waals surface area (Å²) < 4.78 is 10.7. The zero-order valence-electron chi connectivity index (χ0n) is 17.0. The molecule has 2 rings (SSSR count). The number of guanidine groups is 1. The summed E-state index contributed by atoms with van der Waals surface area (Å²) in [5.41, 5.74) is 0. The SMILES string of the molecule is CN=C(NCCCCCN1CCCCC1)N1CCC(COCCOC)C1. The van der Waals surface area contributed by atoms with E-state index >= 15 is 0 Å². The van der Waals surface area contributed by atoms with Crippen molar-refractivity contribution >= 4 is 5.96 Å². The Hall–Kier alpha value is -0.850. The fourth-order valence-corrected chi connectivity index (χ4v) is 3.91. The first-order chi connectivity index (χ1) is 12.8. The van der Waals surface area contributed by atoms with E-state index in [0.717, 1.165) is 32.2 Å². The van der Waals surface area contributed by atoms with Crippen molar-refractivity contribution in [1.29, 1.82) is 0 Å². The van der Waals surface area contributed by atoms with Gasteiger partial charge in [-0.1, -0.05) is 12.8 Å². The zero-order valence-corrected chi connectivity index (χ0v) is 17.0. The fourth-order valence-electron chi connectivity index (χ4n) is 3.91. The van der Waals surface area contributed by atoms with E-state index in [9.17, 15) is 0 Å². The lowest BCUT2D eigenvalue weighted by Gasteiger charge is -2.26. The molecule has 1 atom stereocenters. The summed E-state index contributed by atoms with van der Waals surface area (Å²) in [6.07, 6.45) is 9.25. The second-order valence-electron chi connectivity index (χ2n) is 7.61. The van der Waals surface area contributed by atoms with Crippen LogP contribution >= 0.6 is 0 Å². The lowest BCUT2D eigenvalue weighted by atomic mass is 10.1.